The van der Waals surface area contributed by atoms with Gasteiger partial charge < -0.3 is 0 Å². The molecule has 4 nitrogen and oxygen atoms in total. The topological polar surface area (TPSA) is 54.0 Å². The van der Waals surface area contributed by atoms with Crippen molar-refractivity contribution in [2.24, 2.45) is 0 Å². The van der Waals surface area contributed by atoms with Crippen LogP contribution in [0.15, 0.2) is 12.5 Å². The molecule has 4 heteroatoms. The Bertz CT molecular complexity index is 505. The maximum Gasteiger partial charge on any atom is 0.136 e. The summed E-state index contributed by atoms with van der Waals surface area (Å²) < 4.78 is 1.69. The molecule has 2 aromatic rings. The van der Waals surface area contributed by atoms with Gasteiger partial charge in [-0.15, -0.1) is 0 Å². The van der Waals surface area contributed by atoms with Crippen molar-refractivity contribution in [3.8, 4) is 6.07 Å². The molecule has 0 saturated heterocycles. The summed E-state index contributed by atoms with van der Waals surface area (Å²) in [7, 11) is 0. The highest BCUT2D eigenvalue weighted by Crippen LogP contribution is 2.17. The van der Waals surface area contributed by atoms with E-state index >= 15 is 0 Å². The zero-order valence-corrected chi connectivity index (χ0v) is 9.44. The van der Waals surface area contributed by atoms with Crippen molar-refractivity contribution in [2.75, 3.05) is 0 Å². The Hall–Kier alpha value is -1.89. The van der Waals surface area contributed by atoms with Crippen molar-refractivity contribution < 1.29 is 0 Å². The highest BCUT2D eigenvalue weighted by atomic mass is 15.2. The molecule has 0 fully saturated rings. The summed E-state index contributed by atoms with van der Waals surface area (Å²) in [5, 5.41) is 12.8. The summed E-state index contributed by atoms with van der Waals surface area (Å²) in [5.74, 6) is 0. The number of hydrogen-bond acceptors (Lipinski definition) is 3. The Morgan fingerprint density at radius 3 is 2.53 bits per heavy atom. The van der Waals surface area contributed by atoms with Gasteiger partial charge in [0.15, 0.2) is 0 Å². The monoisotopic (exact) mass is 202 g/mol. The third-order valence-corrected chi connectivity index (χ3v) is 2.13. The summed E-state index contributed by atoms with van der Waals surface area (Å²) in [4.78, 5) is 4.07. The van der Waals surface area contributed by atoms with Gasteiger partial charge in [0.1, 0.15) is 12.4 Å². The molecule has 0 aliphatic carbocycles. The zero-order valence-electron chi connectivity index (χ0n) is 9.44. The quantitative estimate of drug-likeness (QED) is 0.658. The van der Waals surface area contributed by atoms with Crippen LogP contribution in [0.4, 0.5) is 0 Å². The highest BCUT2D eigenvalue weighted by Gasteiger charge is 2.08. The largest absolute Gasteiger partial charge is 0.238 e. The van der Waals surface area contributed by atoms with Gasteiger partial charge in [0, 0.05) is 6.20 Å². The first-order valence-corrected chi connectivity index (χ1v) is 4.93. The number of fused-ring (bicyclic) bond motifs is 1. The van der Waals surface area contributed by atoms with Gasteiger partial charge in [0.25, 0.3) is 0 Å². The molecule has 2 heterocycles. The van der Waals surface area contributed by atoms with Crippen LogP contribution < -0.4 is 0 Å². The van der Waals surface area contributed by atoms with Gasteiger partial charge in [-0.1, -0.05) is 13.8 Å². The molecule has 78 valence electrons. The molecule has 0 aromatic carbocycles. The number of rotatable bonds is 0. The van der Waals surface area contributed by atoms with Crippen LogP contribution >= 0.6 is 0 Å². The molecule has 0 amide bonds. The van der Waals surface area contributed by atoms with E-state index in [-0.39, 0.29) is 0 Å². The van der Waals surface area contributed by atoms with E-state index in [1.54, 1.807) is 10.7 Å². The molecule has 0 unspecified atom stereocenters. The zero-order chi connectivity index (χ0) is 11.4. The van der Waals surface area contributed by atoms with Crippen LogP contribution in [0, 0.1) is 25.2 Å². The molecule has 0 N–H and O–H groups in total. The molecule has 0 aliphatic heterocycles. The predicted molar refractivity (Wildman–Crippen MR) is 58.5 cm³/mol. The predicted octanol–water partition coefficient (Wildman–Crippen LogP) is 2.24. The van der Waals surface area contributed by atoms with Crippen LogP contribution in [0.25, 0.3) is 5.52 Å². The number of hydrogen-bond donors (Lipinski definition) is 0. The van der Waals surface area contributed by atoms with E-state index in [2.05, 4.69) is 16.2 Å². The first kappa shape index (κ1) is 11.2. The maximum atomic E-state index is 8.80. The smallest absolute Gasteiger partial charge is 0.136 e. The molecule has 0 saturated carbocycles. The molecular weight excluding hydrogens is 188 g/mol. The van der Waals surface area contributed by atoms with Crippen LogP contribution in [0.3, 0.4) is 0 Å². The second-order valence-corrected chi connectivity index (χ2v) is 2.92. The molecule has 15 heavy (non-hydrogen) atoms. The second-order valence-electron chi connectivity index (χ2n) is 2.92. The average Bonchev–Trinajstić information content (AvgIpc) is 2.60. The van der Waals surface area contributed by atoms with Gasteiger partial charge >= 0.3 is 0 Å². The minimum absolute atomic E-state index is 0.656. The highest BCUT2D eigenvalue weighted by molar-refractivity contribution is 5.63. The molecule has 2 aromatic heterocycles. The van der Waals surface area contributed by atoms with Crippen LogP contribution in [0.1, 0.15) is 30.7 Å². The van der Waals surface area contributed by atoms with Crippen molar-refractivity contribution in [1.29, 1.82) is 5.26 Å². The lowest BCUT2D eigenvalue weighted by molar-refractivity contribution is 0.885. The Morgan fingerprint density at radius 1 is 1.33 bits per heavy atom. The molecule has 0 aliphatic rings. The first-order valence-electron chi connectivity index (χ1n) is 4.93. The van der Waals surface area contributed by atoms with E-state index in [1.807, 2.05) is 27.7 Å². The van der Waals surface area contributed by atoms with Gasteiger partial charge in [-0.05, 0) is 19.4 Å². The van der Waals surface area contributed by atoms with Gasteiger partial charge in [-0.25, -0.2) is 9.50 Å². The van der Waals surface area contributed by atoms with Crippen LogP contribution in [0.5, 0.6) is 0 Å². The summed E-state index contributed by atoms with van der Waals surface area (Å²) in [6, 6.07) is 2.12. The van der Waals surface area contributed by atoms with E-state index in [1.165, 1.54) is 6.33 Å². The fraction of sp³-hybridized carbons (Fsp3) is 0.364. The number of nitriles is 1. The van der Waals surface area contributed by atoms with Crippen molar-refractivity contribution in [2.45, 2.75) is 27.7 Å². The Labute approximate surface area is 89.2 Å². The first-order chi connectivity index (χ1) is 7.24. The Kier molecular flexibility index (Phi) is 3.40. The molecule has 0 atom stereocenters. The van der Waals surface area contributed by atoms with E-state index in [0.29, 0.717) is 5.56 Å². The third kappa shape index (κ3) is 1.82. The lowest BCUT2D eigenvalue weighted by atomic mass is 10.2. The third-order valence-electron chi connectivity index (χ3n) is 2.13. The van der Waals surface area contributed by atoms with E-state index in [4.69, 9.17) is 5.26 Å². The SMILES string of the molecule is CC.Cc1ncnn2cc(C#N)c(C)c12. The van der Waals surface area contributed by atoms with E-state index < -0.39 is 0 Å². The van der Waals surface area contributed by atoms with Crippen LogP contribution in [-0.2, 0) is 0 Å². The summed E-state index contributed by atoms with van der Waals surface area (Å²) in [6.45, 7) is 7.81. The van der Waals surface area contributed by atoms with Crippen molar-refractivity contribution in [1.82, 2.24) is 14.6 Å². The fourth-order valence-corrected chi connectivity index (χ4v) is 1.45. The Balaban J connectivity index is 0.000000531. The minimum atomic E-state index is 0.656. The lowest BCUT2D eigenvalue weighted by Crippen LogP contribution is -1.94. The summed E-state index contributed by atoms with van der Waals surface area (Å²) >= 11 is 0. The van der Waals surface area contributed by atoms with Crippen molar-refractivity contribution >= 4 is 5.52 Å². The normalized spacial score (nSPS) is 9.27. The molecular formula is C11H14N4. The number of aryl methyl sites for hydroxylation is 2. The fourth-order valence-electron chi connectivity index (χ4n) is 1.45. The summed E-state index contributed by atoms with van der Waals surface area (Å²) in [6.07, 6.45) is 3.21. The number of aromatic nitrogens is 3. The number of nitrogens with zero attached hydrogens (tertiary/aromatic N) is 4. The van der Waals surface area contributed by atoms with Crippen molar-refractivity contribution in [3.63, 3.8) is 0 Å². The van der Waals surface area contributed by atoms with Gasteiger partial charge in [0.2, 0.25) is 0 Å². The van der Waals surface area contributed by atoms with Crippen LogP contribution in [-0.4, -0.2) is 14.6 Å². The Morgan fingerprint density at radius 2 is 2.00 bits per heavy atom. The summed E-state index contributed by atoms with van der Waals surface area (Å²) in [5.41, 5.74) is 3.43. The molecule has 2 rings (SSSR count). The van der Waals surface area contributed by atoms with E-state index in [0.717, 1.165) is 16.8 Å². The van der Waals surface area contributed by atoms with Crippen molar-refractivity contribution in [3.05, 3.63) is 29.3 Å². The molecule has 0 bridgehead atoms. The van der Waals surface area contributed by atoms with Gasteiger partial charge in [-0.3, -0.25) is 0 Å². The molecule has 0 spiro atoms. The van der Waals surface area contributed by atoms with Gasteiger partial charge in [-0.2, -0.15) is 10.4 Å². The van der Waals surface area contributed by atoms with Crippen LogP contribution in [0.2, 0.25) is 0 Å². The average molecular weight is 202 g/mol. The molecule has 0 radical (unpaired) electrons. The lowest BCUT2D eigenvalue weighted by Gasteiger charge is -1.96. The van der Waals surface area contributed by atoms with E-state index in [9.17, 15) is 0 Å². The maximum absolute atomic E-state index is 8.80. The standard InChI is InChI=1S/C9H8N4.C2H6/c1-6-8(3-10)4-13-9(6)7(2)11-5-12-13;1-2/h4-5H,1-2H3;1-2H3. The van der Waals surface area contributed by atoms with Gasteiger partial charge in [0.05, 0.1) is 16.8 Å². The second kappa shape index (κ2) is 4.56. The minimum Gasteiger partial charge on any atom is -0.238 e.